The largest absolute Gasteiger partial charge is 0.493 e. The van der Waals surface area contributed by atoms with Crippen molar-refractivity contribution in [1.29, 1.82) is 0 Å². The van der Waals surface area contributed by atoms with Crippen molar-refractivity contribution in [3.8, 4) is 11.5 Å². The number of halogens is 2. The fourth-order valence-corrected chi connectivity index (χ4v) is 4.39. The van der Waals surface area contributed by atoms with E-state index in [4.69, 9.17) is 32.7 Å². The molecule has 9 heteroatoms. The van der Waals surface area contributed by atoms with Crippen molar-refractivity contribution in [2.45, 2.75) is 25.0 Å². The van der Waals surface area contributed by atoms with E-state index in [1.54, 1.807) is 32.4 Å². The van der Waals surface area contributed by atoms with Gasteiger partial charge >= 0.3 is 0 Å². The Kier molecular flexibility index (Phi) is 7.64. The number of thioether (sulfide) groups is 1. The van der Waals surface area contributed by atoms with Gasteiger partial charge in [0.2, 0.25) is 0 Å². The van der Waals surface area contributed by atoms with Gasteiger partial charge in [-0.15, -0.1) is 10.2 Å². The van der Waals surface area contributed by atoms with E-state index in [1.165, 1.54) is 11.8 Å². The maximum atomic E-state index is 12.5. The molecular formula is C21H21Cl2N3O3S. The lowest BCUT2D eigenvalue weighted by Crippen LogP contribution is -2.07. The van der Waals surface area contributed by atoms with Crippen LogP contribution in [0.25, 0.3) is 0 Å². The quantitative estimate of drug-likeness (QED) is 0.320. The summed E-state index contributed by atoms with van der Waals surface area (Å²) in [6.45, 7) is 2.71. The SMILES string of the molecule is CCn1c(Cc2ccc(OC)c(OC)c2)nnc1SCC(=O)c1ccc(Cl)cc1Cl. The monoisotopic (exact) mass is 465 g/mol. The van der Waals surface area contributed by atoms with Gasteiger partial charge in [-0.1, -0.05) is 41.0 Å². The smallest absolute Gasteiger partial charge is 0.191 e. The van der Waals surface area contributed by atoms with Crippen LogP contribution in [-0.4, -0.2) is 40.5 Å². The Morgan fingerprint density at radius 3 is 2.50 bits per heavy atom. The molecule has 1 aromatic heterocycles. The minimum atomic E-state index is -0.0891. The molecule has 0 aliphatic heterocycles. The van der Waals surface area contributed by atoms with Crippen LogP contribution in [0.5, 0.6) is 11.5 Å². The van der Waals surface area contributed by atoms with Gasteiger partial charge < -0.3 is 14.0 Å². The zero-order valence-corrected chi connectivity index (χ0v) is 19.1. The van der Waals surface area contributed by atoms with E-state index in [-0.39, 0.29) is 11.5 Å². The van der Waals surface area contributed by atoms with Crippen molar-refractivity contribution in [1.82, 2.24) is 14.8 Å². The molecule has 0 amide bonds. The third-order valence-corrected chi connectivity index (χ3v) is 6.00. The van der Waals surface area contributed by atoms with E-state index in [0.717, 1.165) is 11.4 Å². The third-order valence-electron chi connectivity index (χ3n) is 4.48. The first-order valence-electron chi connectivity index (χ1n) is 9.20. The summed E-state index contributed by atoms with van der Waals surface area (Å²) >= 11 is 13.4. The highest BCUT2D eigenvalue weighted by Gasteiger charge is 2.17. The normalized spacial score (nSPS) is 10.8. The minimum Gasteiger partial charge on any atom is -0.493 e. The number of carbonyl (C=O) groups excluding carboxylic acids is 1. The predicted octanol–water partition coefficient (Wildman–Crippen LogP) is 5.19. The van der Waals surface area contributed by atoms with Crippen LogP contribution in [0, 0.1) is 0 Å². The molecule has 0 saturated carbocycles. The number of methoxy groups -OCH3 is 2. The first-order chi connectivity index (χ1) is 14.5. The van der Waals surface area contributed by atoms with Crippen molar-refractivity contribution >= 4 is 40.7 Å². The van der Waals surface area contributed by atoms with Gasteiger partial charge in [0.25, 0.3) is 0 Å². The summed E-state index contributed by atoms with van der Waals surface area (Å²) in [5.74, 6) is 2.26. The highest BCUT2D eigenvalue weighted by Crippen LogP contribution is 2.29. The molecule has 0 aliphatic carbocycles. The summed E-state index contributed by atoms with van der Waals surface area (Å²) in [4.78, 5) is 12.5. The average Bonchev–Trinajstić information content (AvgIpc) is 3.13. The van der Waals surface area contributed by atoms with Gasteiger partial charge in [0.05, 0.1) is 25.0 Å². The number of benzene rings is 2. The van der Waals surface area contributed by atoms with Crippen LogP contribution in [0.15, 0.2) is 41.6 Å². The minimum absolute atomic E-state index is 0.0891. The van der Waals surface area contributed by atoms with Crippen LogP contribution in [0.4, 0.5) is 0 Å². The summed E-state index contributed by atoms with van der Waals surface area (Å²) in [7, 11) is 3.21. The predicted molar refractivity (Wildman–Crippen MR) is 120 cm³/mol. The number of ketones is 1. The molecule has 0 spiro atoms. The van der Waals surface area contributed by atoms with Crippen LogP contribution in [0.2, 0.25) is 10.0 Å². The van der Waals surface area contributed by atoms with Crippen LogP contribution >= 0.6 is 35.0 Å². The standard InChI is InChI=1S/C21H21Cl2N3O3S/c1-4-26-20(10-13-5-8-18(28-2)19(9-13)29-3)24-25-21(26)30-12-17(27)15-7-6-14(22)11-16(15)23/h5-9,11H,4,10,12H2,1-3H3. The number of nitrogens with zero attached hydrogens (tertiary/aromatic N) is 3. The molecule has 6 nitrogen and oxygen atoms in total. The first-order valence-corrected chi connectivity index (χ1v) is 10.9. The molecule has 0 saturated heterocycles. The molecule has 1 heterocycles. The van der Waals surface area contributed by atoms with Gasteiger partial charge in [0.1, 0.15) is 5.82 Å². The Bertz CT molecular complexity index is 1060. The Hall–Kier alpha value is -2.22. The summed E-state index contributed by atoms with van der Waals surface area (Å²) < 4.78 is 12.7. The fourth-order valence-electron chi connectivity index (χ4n) is 2.97. The summed E-state index contributed by atoms with van der Waals surface area (Å²) in [5.41, 5.74) is 1.47. The molecule has 0 radical (unpaired) electrons. The summed E-state index contributed by atoms with van der Waals surface area (Å²) in [5, 5.41) is 10.1. The maximum absolute atomic E-state index is 12.5. The van der Waals surface area contributed by atoms with Crippen molar-refractivity contribution in [2.75, 3.05) is 20.0 Å². The van der Waals surface area contributed by atoms with E-state index in [0.29, 0.717) is 45.2 Å². The van der Waals surface area contributed by atoms with Gasteiger partial charge in [-0.25, -0.2) is 0 Å². The number of rotatable bonds is 9. The van der Waals surface area contributed by atoms with E-state index >= 15 is 0 Å². The Morgan fingerprint density at radius 1 is 1.07 bits per heavy atom. The number of carbonyl (C=O) groups is 1. The fraction of sp³-hybridized carbons (Fsp3) is 0.286. The molecule has 0 atom stereocenters. The molecule has 0 fully saturated rings. The second-order valence-electron chi connectivity index (χ2n) is 6.35. The van der Waals surface area contributed by atoms with Crippen molar-refractivity contribution in [3.63, 3.8) is 0 Å². The van der Waals surface area contributed by atoms with Gasteiger partial charge in [-0.05, 0) is 42.8 Å². The highest BCUT2D eigenvalue weighted by atomic mass is 35.5. The lowest BCUT2D eigenvalue weighted by atomic mass is 10.1. The molecule has 3 rings (SSSR count). The van der Waals surface area contributed by atoms with Crippen molar-refractivity contribution in [3.05, 3.63) is 63.4 Å². The molecule has 2 aromatic carbocycles. The molecule has 0 N–H and O–H groups in total. The third kappa shape index (κ3) is 5.09. The van der Waals surface area contributed by atoms with Crippen LogP contribution in [0.3, 0.4) is 0 Å². The second-order valence-corrected chi connectivity index (χ2v) is 8.13. The number of Topliss-reactive ketones (excluding diaryl/α,β-unsaturated/α-hetero) is 1. The molecule has 0 bridgehead atoms. The Balaban J connectivity index is 1.73. The zero-order valence-electron chi connectivity index (χ0n) is 16.8. The van der Waals surface area contributed by atoms with E-state index in [1.807, 2.05) is 29.7 Å². The summed E-state index contributed by atoms with van der Waals surface area (Å²) in [6.07, 6.45) is 0.582. The van der Waals surface area contributed by atoms with E-state index < -0.39 is 0 Å². The molecular weight excluding hydrogens is 445 g/mol. The summed E-state index contributed by atoms with van der Waals surface area (Å²) in [6, 6.07) is 10.6. The van der Waals surface area contributed by atoms with Gasteiger partial charge in [-0.2, -0.15) is 0 Å². The molecule has 158 valence electrons. The second kappa shape index (κ2) is 10.2. The average molecular weight is 466 g/mol. The van der Waals surface area contributed by atoms with Crippen molar-refractivity contribution in [2.24, 2.45) is 0 Å². The first kappa shape index (κ1) is 22.5. The number of aromatic nitrogens is 3. The highest BCUT2D eigenvalue weighted by molar-refractivity contribution is 7.99. The number of hydrogen-bond donors (Lipinski definition) is 0. The van der Waals surface area contributed by atoms with Gasteiger partial charge in [0, 0.05) is 23.6 Å². The van der Waals surface area contributed by atoms with Crippen molar-refractivity contribution < 1.29 is 14.3 Å². The topological polar surface area (TPSA) is 66.2 Å². The molecule has 0 unspecified atom stereocenters. The number of hydrogen-bond acceptors (Lipinski definition) is 6. The molecule has 3 aromatic rings. The molecule has 0 aliphatic rings. The zero-order chi connectivity index (χ0) is 21.7. The Labute approximate surface area is 189 Å². The lowest BCUT2D eigenvalue weighted by molar-refractivity contribution is 0.102. The van der Waals surface area contributed by atoms with Gasteiger partial charge in [0.15, 0.2) is 22.4 Å². The van der Waals surface area contributed by atoms with Crippen LogP contribution in [-0.2, 0) is 13.0 Å². The van der Waals surface area contributed by atoms with Gasteiger partial charge in [-0.3, -0.25) is 4.79 Å². The molecule has 30 heavy (non-hydrogen) atoms. The van der Waals surface area contributed by atoms with Crippen LogP contribution < -0.4 is 9.47 Å². The Morgan fingerprint density at radius 2 is 1.83 bits per heavy atom. The lowest BCUT2D eigenvalue weighted by Gasteiger charge is -2.10. The van der Waals surface area contributed by atoms with Crippen LogP contribution in [0.1, 0.15) is 28.7 Å². The maximum Gasteiger partial charge on any atom is 0.191 e. The van der Waals surface area contributed by atoms with E-state index in [9.17, 15) is 4.79 Å². The number of ether oxygens (including phenoxy) is 2. The van der Waals surface area contributed by atoms with E-state index in [2.05, 4.69) is 10.2 Å².